The van der Waals surface area contributed by atoms with Crippen molar-refractivity contribution in [1.82, 2.24) is 14.7 Å². The zero-order chi connectivity index (χ0) is 102. The normalized spacial score (nSPS) is 42.2. The highest BCUT2D eigenvalue weighted by molar-refractivity contribution is 5.77. The van der Waals surface area contributed by atoms with Crippen molar-refractivity contribution in [2.45, 2.75) is 195 Å². The van der Waals surface area contributed by atoms with Crippen LogP contribution >= 0.6 is 0 Å². The highest BCUT2D eigenvalue weighted by Gasteiger charge is 2.45. The van der Waals surface area contributed by atoms with Crippen LogP contribution in [0, 0.1) is 53.2 Å². The van der Waals surface area contributed by atoms with E-state index in [1.165, 1.54) is 33.5 Å². The molecule has 0 bridgehead atoms. The van der Waals surface area contributed by atoms with Gasteiger partial charge in [-0.2, -0.15) is 0 Å². The van der Waals surface area contributed by atoms with Gasteiger partial charge >= 0.3 is 17.9 Å². The summed E-state index contributed by atoms with van der Waals surface area (Å²) in [6, 6.07) is -4.56. The predicted molar refractivity (Wildman–Crippen MR) is 353 cm³/mol. The van der Waals surface area contributed by atoms with Gasteiger partial charge in [0.15, 0.2) is 34.5 Å². The fourth-order valence-electron chi connectivity index (χ4n) is 10.4. The summed E-state index contributed by atoms with van der Waals surface area (Å²) in [6.45, 7) is -9.88. The number of rotatable bonds is 21. The summed E-state index contributed by atoms with van der Waals surface area (Å²) in [4.78, 5) is 41.3. The summed E-state index contributed by atoms with van der Waals surface area (Å²) >= 11 is 0. The van der Waals surface area contributed by atoms with Crippen LogP contribution in [0.3, 0.4) is 0 Å². The maximum absolute atomic E-state index is 13.1. The van der Waals surface area contributed by atoms with Crippen molar-refractivity contribution in [3.63, 3.8) is 0 Å². The van der Waals surface area contributed by atoms with E-state index < -0.39 is 279 Å². The van der Waals surface area contributed by atoms with Crippen molar-refractivity contribution in [2.24, 2.45) is 70.4 Å². The molecule has 0 aromatic heterocycles. The molecule has 0 amide bonds. The zero-order valence-corrected chi connectivity index (χ0v) is 53.0. The van der Waals surface area contributed by atoms with Crippen LogP contribution in [0.15, 0.2) is 36.4 Å². The van der Waals surface area contributed by atoms with Gasteiger partial charge in [-0.15, -0.1) is 0 Å². The molecular formula is C72H114N6O12. The van der Waals surface area contributed by atoms with Gasteiger partial charge in [0.05, 0.1) is 57.6 Å². The Balaban J connectivity index is 0.000000269. The molecule has 6 heterocycles. The number of nitrogens with two attached hydrogens (primary N) is 3. The molecule has 504 valence electrons. The third kappa shape index (κ3) is 17.5. The number of benzene rings is 3. The number of nitrogens with zero attached hydrogens (tertiary/aromatic N) is 3. The Hall–Kier alpha value is -5.37. The van der Waals surface area contributed by atoms with Gasteiger partial charge in [-0.1, -0.05) is 82.9 Å². The fraction of sp³-hybridized carbons (Fsp3) is 0.708. The number of fused-ring (bicyclic) bond motifs is 9. The summed E-state index contributed by atoms with van der Waals surface area (Å²) in [6.07, 6.45) is -28.2. The summed E-state index contributed by atoms with van der Waals surface area (Å²) in [7, 11) is -1.11. The number of piperidine rings is 3. The van der Waals surface area contributed by atoms with Crippen LogP contribution in [0.1, 0.15) is 229 Å². The van der Waals surface area contributed by atoms with Gasteiger partial charge in [0.2, 0.25) is 0 Å². The molecule has 0 saturated carbocycles. The Kier molecular flexibility index (Phi) is 12.3. The largest absolute Gasteiger partial charge is 0.493 e. The Morgan fingerprint density at radius 2 is 0.789 bits per heavy atom. The van der Waals surface area contributed by atoms with Gasteiger partial charge in [0.25, 0.3) is 0 Å². The molecular weight excluding hydrogens is 1140 g/mol. The Bertz CT molecular complexity index is 4720. The van der Waals surface area contributed by atoms with Crippen molar-refractivity contribution in [1.29, 1.82) is 0 Å². The van der Waals surface area contributed by atoms with E-state index in [9.17, 15) is 21.2 Å². The second-order valence-corrected chi connectivity index (χ2v) is 23.1. The minimum absolute atomic E-state index is 0.0483. The third-order valence-electron chi connectivity index (χ3n) is 15.5. The number of carbonyl (C=O) groups excluding carboxylic acids is 3. The molecule has 0 radical (unpaired) electrons. The molecule has 6 aliphatic rings. The van der Waals surface area contributed by atoms with Crippen molar-refractivity contribution >= 4 is 17.9 Å². The van der Waals surface area contributed by atoms with Crippen molar-refractivity contribution in [3.05, 3.63) is 69.8 Å². The summed E-state index contributed by atoms with van der Waals surface area (Å²) in [5.41, 5.74) is 15.9. The summed E-state index contributed by atoms with van der Waals surface area (Å²) in [5, 5.41) is 0. The van der Waals surface area contributed by atoms with E-state index in [1.807, 2.05) is 0 Å². The van der Waals surface area contributed by atoms with E-state index in [-0.39, 0.29) is 45.3 Å². The second-order valence-electron chi connectivity index (χ2n) is 23.1. The number of esters is 3. The van der Waals surface area contributed by atoms with Crippen LogP contribution in [0.5, 0.6) is 34.5 Å². The van der Waals surface area contributed by atoms with Crippen molar-refractivity contribution in [3.8, 4) is 34.5 Å². The molecule has 90 heavy (non-hydrogen) atoms. The smallest absolute Gasteiger partial charge is 0.323 e. The summed E-state index contributed by atoms with van der Waals surface area (Å²) < 4.78 is 395. The standard InChI is InChI=1S/3C24H38N2O4/c3*1-14(2)9-17-13-26-8-7-16-10-21(28-5)22(29-6)11-18(16)19(26)12-20(17)30-24(27)23(25)15(3)4/h3*10-11,14-15,17,19-20,23H,7-9,12-13,25H2,1-6H3/t3*17?,19?,20?,23-/m000/s1/i1D3,5D3,7D2,8D2,9D2,14D,19D,20D;1D3,7D2,8D2,9D2,14D,19D,20D;1D3,5D3,7D2,8D2,9D2,14D,19D/t3*14?,17?,19?,20?,23-. The SMILES string of the molecule is [2H]C([2H])([2H])Oc1cc2c(cc1OC)C1([2H])CC(OC(=O)[C@@H](N)C(C)C)C(C([2H])([2H])C([2H])(C)C([2H])([2H])[2H])CN1C([2H])([2H])C2([2H])[2H].[2H]C([2H])([2H])Oc1cc2c(cc1OC)C1([2H])CC([2H])(OC(=O)[C@@H](N)C(C)C)C(C([2H])([2H])C([2H])(C)C([2H])([2H])[2H])CN1C([2H])([2H])C2([2H])[2H].[2H]C1(OC(=O)[C@@H](N)C(C)C)CC2([2H])c3cc(OC)c(OC)cc3C([2H])([2H])C([2H])([2H])N2CC1C([2H])([2H])C([2H])(C)C([2H])([2H])[2H]. The fourth-order valence-corrected chi connectivity index (χ4v) is 10.4. The predicted octanol–water partition coefficient (Wildman–Crippen LogP) is 10.7. The van der Waals surface area contributed by atoms with Gasteiger partial charge in [0, 0.05) is 135 Å². The maximum atomic E-state index is 13.1. The van der Waals surface area contributed by atoms with E-state index in [0.29, 0.717) is 9.80 Å². The molecule has 15 atom stereocenters. The lowest BCUT2D eigenvalue weighted by Gasteiger charge is -2.47. The van der Waals surface area contributed by atoms with Gasteiger partial charge < -0.3 is 59.8 Å². The topological polar surface area (TPSA) is 222 Å². The highest BCUT2D eigenvalue weighted by atomic mass is 16.6. The second kappa shape index (κ2) is 32.5. The van der Waals surface area contributed by atoms with Crippen LogP contribution in [-0.2, 0) is 47.7 Å². The quantitative estimate of drug-likeness (QED) is 0.0666. The lowest BCUT2D eigenvalue weighted by Crippen LogP contribution is -2.51. The molecule has 6 aliphatic heterocycles. The average Bonchev–Trinajstić information content (AvgIpc) is 0.682. The van der Waals surface area contributed by atoms with E-state index in [1.54, 1.807) is 41.5 Å². The lowest BCUT2D eigenvalue weighted by molar-refractivity contribution is -0.161. The number of methoxy groups -OCH3 is 6. The number of carbonyl (C=O) groups is 3. The minimum atomic E-state index is -3.29. The molecule has 9 rings (SSSR count). The lowest BCUT2D eigenvalue weighted by atomic mass is 9.79. The van der Waals surface area contributed by atoms with Crippen molar-refractivity contribution in [2.75, 3.05) is 81.6 Å². The molecule has 18 heteroatoms. The number of aryl methyl sites for hydroxylation is 3. The molecule has 3 aromatic carbocycles. The molecule has 12 unspecified atom stereocenters. The number of hydrogen-bond acceptors (Lipinski definition) is 18. The third-order valence-corrected chi connectivity index (χ3v) is 15.5. The first-order valence-electron chi connectivity index (χ1n) is 49.6. The van der Waals surface area contributed by atoms with Gasteiger partial charge in [-0.05, 0) is 143 Å². The Labute approximate surface area is 597 Å². The van der Waals surface area contributed by atoms with E-state index in [0.717, 1.165) is 57.0 Å². The van der Waals surface area contributed by atoms with Crippen LogP contribution in [0.4, 0.5) is 0 Å². The van der Waals surface area contributed by atoms with Gasteiger partial charge in [-0.25, -0.2) is 0 Å². The molecule has 0 aliphatic carbocycles. The Morgan fingerprint density at radius 1 is 0.489 bits per heavy atom. The zero-order valence-electron chi connectivity index (χ0n) is 94.0. The van der Waals surface area contributed by atoms with Crippen LogP contribution in [-0.4, -0.2) is 151 Å². The molecule has 18 nitrogen and oxygen atoms in total. The summed E-state index contributed by atoms with van der Waals surface area (Å²) in [5.74, 6) is -20.6. The molecule has 3 saturated heterocycles. The number of ether oxygens (including phenoxy) is 9. The van der Waals surface area contributed by atoms with E-state index in [4.69, 9.17) is 109 Å². The molecule has 3 fully saturated rings. The van der Waals surface area contributed by atoms with Crippen LogP contribution < -0.4 is 45.6 Å². The van der Waals surface area contributed by atoms with Crippen molar-refractivity contribution < 1.29 is 113 Å². The highest BCUT2D eigenvalue weighted by Crippen LogP contribution is 2.48. The van der Waals surface area contributed by atoms with E-state index >= 15 is 0 Å². The molecule has 0 spiro atoms. The first-order valence-corrected chi connectivity index (χ1v) is 29.1. The average molecular weight is 1300 g/mol. The maximum Gasteiger partial charge on any atom is 0.323 e. The van der Waals surface area contributed by atoms with Crippen LogP contribution in [0.2, 0.25) is 0 Å². The van der Waals surface area contributed by atoms with Crippen LogP contribution in [0.25, 0.3) is 0 Å². The number of hydrogen-bond donors (Lipinski definition) is 3. The molecule has 6 N–H and O–H groups in total. The van der Waals surface area contributed by atoms with Gasteiger partial charge in [0.1, 0.15) is 36.4 Å². The monoisotopic (exact) mass is 1300 g/mol. The Morgan fingerprint density at radius 3 is 1.11 bits per heavy atom. The molecule has 3 aromatic rings. The minimum Gasteiger partial charge on any atom is -0.493 e. The van der Waals surface area contributed by atoms with E-state index in [2.05, 4.69) is 0 Å². The first kappa shape index (κ1) is 34.2. The first-order chi connectivity index (χ1) is 58.3. The van der Waals surface area contributed by atoms with Gasteiger partial charge in [-0.3, -0.25) is 29.1 Å².